The minimum absolute atomic E-state index is 0.0726. The first-order valence-electron chi connectivity index (χ1n) is 13.0. The number of aromatic nitrogens is 2. The number of carbonyl (C=O) groups is 1. The van der Waals surface area contributed by atoms with Gasteiger partial charge >= 0.3 is 6.09 Å². The van der Waals surface area contributed by atoms with Gasteiger partial charge in [0.15, 0.2) is 0 Å². The zero-order chi connectivity index (χ0) is 23.8. The summed E-state index contributed by atoms with van der Waals surface area (Å²) in [5.41, 5.74) is 2.12. The molecule has 1 unspecified atom stereocenters. The molecule has 7 nitrogen and oxygen atoms in total. The lowest BCUT2D eigenvalue weighted by Gasteiger charge is -2.26. The van der Waals surface area contributed by atoms with Crippen LogP contribution in [0.5, 0.6) is 0 Å². The largest absolute Gasteiger partial charge is 0.444 e. The van der Waals surface area contributed by atoms with E-state index in [-0.39, 0.29) is 12.3 Å². The van der Waals surface area contributed by atoms with E-state index < -0.39 is 5.60 Å². The molecule has 0 bridgehead atoms. The number of hydrogen-bond donors (Lipinski definition) is 0. The summed E-state index contributed by atoms with van der Waals surface area (Å²) >= 11 is 0. The molecule has 1 amide bonds. The summed E-state index contributed by atoms with van der Waals surface area (Å²) in [4.78, 5) is 16.2. The smallest absolute Gasteiger partial charge is 0.410 e. The third-order valence-electron chi connectivity index (χ3n) is 6.75. The summed E-state index contributed by atoms with van der Waals surface area (Å²) in [5, 5.41) is 5.13. The maximum absolute atomic E-state index is 12.3. The van der Waals surface area contributed by atoms with Gasteiger partial charge in [-0.2, -0.15) is 5.10 Å². The van der Waals surface area contributed by atoms with Gasteiger partial charge in [-0.3, -0.25) is 0 Å². The second-order valence-corrected chi connectivity index (χ2v) is 11.0. The molecule has 33 heavy (non-hydrogen) atoms. The molecule has 2 aliphatic rings. The Kier molecular flexibility index (Phi) is 9.62. The Morgan fingerprint density at radius 1 is 1.06 bits per heavy atom. The SMILES string of the molecule is CN(CCN(C)C(=O)OC(C)(C)C)Cc1cn(C2CCCCO2)nc1C1CCCCCCC1. The molecular formula is C26H46N4O3. The van der Waals surface area contributed by atoms with Crippen molar-refractivity contribution in [3.05, 3.63) is 17.5 Å². The Morgan fingerprint density at radius 2 is 1.73 bits per heavy atom. The van der Waals surface area contributed by atoms with Crippen molar-refractivity contribution in [1.29, 1.82) is 0 Å². The van der Waals surface area contributed by atoms with E-state index in [1.54, 1.807) is 11.9 Å². The van der Waals surface area contributed by atoms with Gasteiger partial charge in [0.1, 0.15) is 11.8 Å². The van der Waals surface area contributed by atoms with E-state index in [4.69, 9.17) is 14.6 Å². The quantitative estimate of drug-likeness (QED) is 0.519. The van der Waals surface area contributed by atoms with Crippen LogP contribution in [0.4, 0.5) is 4.79 Å². The third-order valence-corrected chi connectivity index (χ3v) is 6.75. The van der Waals surface area contributed by atoms with E-state index in [1.807, 2.05) is 20.8 Å². The molecule has 0 radical (unpaired) electrons. The first-order chi connectivity index (χ1) is 15.7. The zero-order valence-electron chi connectivity index (χ0n) is 21.6. The number of nitrogens with zero attached hydrogens (tertiary/aromatic N) is 4. The number of rotatable bonds is 7. The fraction of sp³-hybridized carbons (Fsp3) is 0.846. The van der Waals surface area contributed by atoms with Crippen LogP contribution in [0.2, 0.25) is 0 Å². The van der Waals surface area contributed by atoms with Gasteiger partial charge in [-0.05, 0) is 59.9 Å². The van der Waals surface area contributed by atoms with Crippen molar-refractivity contribution in [2.75, 3.05) is 33.8 Å². The van der Waals surface area contributed by atoms with Gasteiger partial charge < -0.3 is 19.3 Å². The molecule has 2 fully saturated rings. The maximum atomic E-state index is 12.3. The van der Waals surface area contributed by atoms with E-state index in [1.165, 1.54) is 62.6 Å². The summed E-state index contributed by atoms with van der Waals surface area (Å²) in [6, 6.07) is 0. The van der Waals surface area contributed by atoms with Gasteiger partial charge in [-0.1, -0.05) is 32.1 Å². The van der Waals surface area contributed by atoms with E-state index in [9.17, 15) is 4.79 Å². The van der Waals surface area contributed by atoms with Gasteiger partial charge in [0.25, 0.3) is 0 Å². The van der Waals surface area contributed by atoms with Crippen LogP contribution in [0.25, 0.3) is 0 Å². The molecule has 1 aromatic heterocycles. The highest BCUT2D eigenvalue weighted by Crippen LogP contribution is 2.34. The molecule has 1 saturated heterocycles. The van der Waals surface area contributed by atoms with Crippen molar-refractivity contribution in [3.8, 4) is 0 Å². The molecule has 188 valence electrons. The normalized spacial score (nSPS) is 21.0. The number of amides is 1. The molecule has 1 atom stereocenters. The predicted octanol–water partition coefficient (Wildman–Crippen LogP) is 5.71. The average Bonchev–Trinajstić information content (AvgIpc) is 3.14. The summed E-state index contributed by atoms with van der Waals surface area (Å²) in [7, 11) is 3.93. The Hall–Kier alpha value is -1.60. The van der Waals surface area contributed by atoms with Crippen molar-refractivity contribution in [2.45, 2.75) is 109 Å². The molecule has 1 saturated carbocycles. The van der Waals surface area contributed by atoms with Gasteiger partial charge in [0, 0.05) is 51.0 Å². The van der Waals surface area contributed by atoms with Crippen molar-refractivity contribution in [2.24, 2.45) is 0 Å². The summed E-state index contributed by atoms with van der Waals surface area (Å²) in [6.07, 6.45) is 14.6. The Morgan fingerprint density at radius 3 is 2.36 bits per heavy atom. The monoisotopic (exact) mass is 462 g/mol. The number of carbonyl (C=O) groups excluding carboxylic acids is 1. The maximum Gasteiger partial charge on any atom is 0.410 e. The Balaban J connectivity index is 1.66. The third kappa shape index (κ3) is 8.29. The Bertz CT molecular complexity index is 728. The highest BCUT2D eigenvalue weighted by Gasteiger charge is 2.25. The fourth-order valence-electron chi connectivity index (χ4n) is 4.84. The van der Waals surface area contributed by atoms with Crippen LogP contribution in [0.15, 0.2) is 6.20 Å². The molecule has 1 aliphatic heterocycles. The summed E-state index contributed by atoms with van der Waals surface area (Å²) < 4.78 is 13.6. The molecular weight excluding hydrogens is 416 g/mol. The van der Waals surface area contributed by atoms with Crippen LogP contribution in [-0.4, -0.2) is 65.1 Å². The van der Waals surface area contributed by atoms with Gasteiger partial charge in [0.05, 0.1) is 5.69 Å². The van der Waals surface area contributed by atoms with Crippen LogP contribution in [-0.2, 0) is 16.0 Å². The topological polar surface area (TPSA) is 59.8 Å². The van der Waals surface area contributed by atoms with E-state index in [0.717, 1.165) is 32.5 Å². The number of hydrogen-bond acceptors (Lipinski definition) is 5. The lowest BCUT2D eigenvalue weighted by Crippen LogP contribution is -2.38. The molecule has 1 aromatic rings. The highest BCUT2D eigenvalue weighted by atomic mass is 16.6. The summed E-state index contributed by atoms with van der Waals surface area (Å²) in [5.74, 6) is 0.544. The van der Waals surface area contributed by atoms with E-state index in [2.05, 4.69) is 22.8 Å². The van der Waals surface area contributed by atoms with Crippen LogP contribution >= 0.6 is 0 Å². The second kappa shape index (κ2) is 12.2. The predicted molar refractivity (Wildman–Crippen MR) is 131 cm³/mol. The molecule has 3 rings (SSSR count). The van der Waals surface area contributed by atoms with Crippen molar-refractivity contribution >= 4 is 6.09 Å². The van der Waals surface area contributed by atoms with Crippen molar-refractivity contribution in [1.82, 2.24) is 19.6 Å². The molecule has 0 N–H and O–H groups in total. The average molecular weight is 463 g/mol. The van der Waals surface area contributed by atoms with Crippen LogP contribution < -0.4 is 0 Å². The van der Waals surface area contributed by atoms with Crippen LogP contribution in [0, 0.1) is 0 Å². The van der Waals surface area contributed by atoms with Gasteiger partial charge in [-0.15, -0.1) is 0 Å². The molecule has 2 heterocycles. The lowest BCUT2D eigenvalue weighted by atomic mass is 9.87. The molecule has 0 spiro atoms. The van der Waals surface area contributed by atoms with Crippen molar-refractivity contribution in [3.63, 3.8) is 0 Å². The zero-order valence-corrected chi connectivity index (χ0v) is 21.6. The summed E-state index contributed by atoms with van der Waals surface area (Å²) in [6.45, 7) is 8.77. The fourth-order valence-corrected chi connectivity index (χ4v) is 4.84. The molecule has 1 aliphatic carbocycles. The minimum Gasteiger partial charge on any atom is -0.444 e. The first-order valence-corrected chi connectivity index (χ1v) is 13.0. The lowest BCUT2D eigenvalue weighted by molar-refractivity contribution is -0.0398. The van der Waals surface area contributed by atoms with Crippen LogP contribution in [0.1, 0.15) is 108 Å². The van der Waals surface area contributed by atoms with Gasteiger partial charge in [-0.25, -0.2) is 9.48 Å². The van der Waals surface area contributed by atoms with Gasteiger partial charge in [0.2, 0.25) is 0 Å². The van der Waals surface area contributed by atoms with Crippen molar-refractivity contribution < 1.29 is 14.3 Å². The van der Waals surface area contributed by atoms with Crippen LogP contribution in [0.3, 0.4) is 0 Å². The second-order valence-electron chi connectivity index (χ2n) is 11.0. The molecule has 7 heteroatoms. The number of likely N-dealkylation sites (N-methyl/N-ethyl adjacent to an activating group) is 2. The molecule has 0 aromatic carbocycles. The highest BCUT2D eigenvalue weighted by molar-refractivity contribution is 5.67. The Labute approximate surface area is 200 Å². The minimum atomic E-state index is -0.473. The first kappa shape index (κ1) is 26.0. The van der Waals surface area contributed by atoms with E-state index in [0.29, 0.717) is 12.5 Å². The standard InChI is InChI=1S/C26H46N4O3/c1-26(2,3)33-25(31)29(5)17-16-28(4)19-22-20-30(23-15-11-12-18-32-23)27-24(22)21-13-9-7-6-8-10-14-21/h20-21,23H,6-19H2,1-5H3. The van der Waals surface area contributed by atoms with E-state index >= 15 is 0 Å². The number of ether oxygens (including phenoxy) is 2.